The number of hydrogen-bond donors (Lipinski definition) is 0. The predicted molar refractivity (Wildman–Crippen MR) is 102 cm³/mol. The molecule has 0 spiro atoms. The number of rotatable bonds is 4. The van der Waals surface area contributed by atoms with Crippen LogP contribution < -0.4 is 4.90 Å². The normalized spacial score (nSPS) is 11.6. The molecule has 130 valence electrons. The maximum atomic E-state index is 4.50. The lowest BCUT2D eigenvalue weighted by Gasteiger charge is -2.19. The molecule has 25 heavy (non-hydrogen) atoms. The minimum absolute atomic E-state index is 0.163. The molecule has 0 aliphatic rings. The van der Waals surface area contributed by atoms with Crippen molar-refractivity contribution in [1.29, 1.82) is 0 Å². The van der Waals surface area contributed by atoms with Gasteiger partial charge in [-0.15, -0.1) is 10.2 Å². The van der Waals surface area contributed by atoms with Crippen LogP contribution in [-0.2, 0) is 12.0 Å². The summed E-state index contributed by atoms with van der Waals surface area (Å²) in [6.45, 7) is 7.27. The van der Waals surface area contributed by atoms with E-state index < -0.39 is 0 Å². The summed E-state index contributed by atoms with van der Waals surface area (Å²) < 4.78 is 0. The number of aromatic nitrogens is 4. The molecule has 3 aromatic rings. The van der Waals surface area contributed by atoms with E-state index in [1.54, 1.807) is 4.80 Å². The number of anilines is 1. The summed E-state index contributed by atoms with van der Waals surface area (Å²) in [6, 6.07) is 16.8. The molecule has 0 atom stereocenters. The van der Waals surface area contributed by atoms with E-state index in [4.69, 9.17) is 0 Å². The molecular formula is C20H25N5. The van der Waals surface area contributed by atoms with Gasteiger partial charge in [-0.1, -0.05) is 45.0 Å². The van der Waals surface area contributed by atoms with Crippen molar-refractivity contribution in [3.05, 3.63) is 59.7 Å². The first-order valence-electron chi connectivity index (χ1n) is 8.48. The van der Waals surface area contributed by atoms with Gasteiger partial charge in [0.25, 0.3) is 0 Å². The SMILES string of the molecule is CN(C)c1ccc(-c2nnn(Cc3ccc(C(C)(C)C)cc3)n2)cc1. The zero-order chi connectivity index (χ0) is 18.0. The molecule has 0 bridgehead atoms. The van der Waals surface area contributed by atoms with Crippen molar-refractivity contribution in [2.24, 2.45) is 0 Å². The second-order valence-corrected chi connectivity index (χ2v) is 7.53. The highest BCUT2D eigenvalue weighted by Crippen LogP contribution is 2.22. The zero-order valence-corrected chi connectivity index (χ0v) is 15.6. The fourth-order valence-corrected chi connectivity index (χ4v) is 2.61. The Morgan fingerprint density at radius 1 is 0.920 bits per heavy atom. The maximum absolute atomic E-state index is 4.50. The van der Waals surface area contributed by atoms with Crippen LogP contribution in [0.3, 0.4) is 0 Å². The zero-order valence-electron chi connectivity index (χ0n) is 15.6. The monoisotopic (exact) mass is 335 g/mol. The number of nitrogens with zero attached hydrogens (tertiary/aromatic N) is 5. The van der Waals surface area contributed by atoms with Crippen LogP contribution in [0.5, 0.6) is 0 Å². The quantitative estimate of drug-likeness (QED) is 0.728. The van der Waals surface area contributed by atoms with Crippen molar-refractivity contribution in [1.82, 2.24) is 20.2 Å². The van der Waals surface area contributed by atoms with Gasteiger partial charge in [-0.25, -0.2) is 0 Å². The summed E-state index contributed by atoms with van der Waals surface area (Å²) in [4.78, 5) is 3.70. The molecule has 0 amide bonds. The minimum Gasteiger partial charge on any atom is -0.378 e. The summed E-state index contributed by atoms with van der Waals surface area (Å²) >= 11 is 0. The highest BCUT2D eigenvalue weighted by Gasteiger charge is 2.13. The van der Waals surface area contributed by atoms with Crippen LogP contribution in [0, 0.1) is 0 Å². The molecule has 0 aliphatic carbocycles. The van der Waals surface area contributed by atoms with E-state index in [1.807, 2.05) is 26.2 Å². The highest BCUT2D eigenvalue weighted by molar-refractivity contribution is 5.59. The molecule has 1 aromatic heterocycles. The first-order chi connectivity index (χ1) is 11.8. The molecular weight excluding hydrogens is 310 g/mol. The van der Waals surface area contributed by atoms with Gasteiger partial charge in [0.2, 0.25) is 5.82 Å². The molecule has 0 radical (unpaired) electrons. The molecule has 5 heteroatoms. The van der Waals surface area contributed by atoms with Crippen LogP contribution in [-0.4, -0.2) is 34.3 Å². The van der Waals surface area contributed by atoms with Gasteiger partial charge in [0.15, 0.2) is 0 Å². The predicted octanol–water partition coefficient (Wildman–Crippen LogP) is 3.75. The van der Waals surface area contributed by atoms with Crippen molar-refractivity contribution in [3.63, 3.8) is 0 Å². The van der Waals surface area contributed by atoms with Crippen LogP contribution in [0.2, 0.25) is 0 Å². The third-order valence-corrected chi connectivity index (χ3v) is 4.24. The second kappa shape index (κ2) is 6.67. The fraction of sp³-hybridized carbons (Fsp3) is 0.350. The maximum Gasteiger partial charge on any atom is 0.204 e. The molecule has 0 N–H and O–H groups in total. The topological polar surface area (TPSA) is 46.8 Å². The van der Waals surface area contributed by atoms with Gasteiger partial charge in [0.05, 0.1) is 6.54 Å². The second-order valence-electron chi connectivity index (χ2n) is 7.53. The minimum atomic E-state index is 0.163. The summed E-state index contributed by atoms with van der Waals surface area (Å²) in [5, 5.41) is 12.9. The van der Waals surface area contributed by atoms with E-state index in [1.165, 1.54) is 11.1 Å². The lowest BCUT2D eigenvalue weighted by molar-refractivity contribution is 0.570. The summed E-state index contributed by atoms with van der Waals surface area (Å²) in [6.07, 6.45) is 0. The van der Waals surface area contributed by atoms with Crippen molar-refractivity contribution in [3.8, 4) is 11.4 Å². The molecule has 0 unspecified atom stereocenters. The Balaban J connectivity index is 1.73. The Kier molecular flexibility index (Phi) is 4.57. The lowest BCUT2D eigenvalue weighted by atomic mass is 9.87. The average Bonchev–Trinajstić information content (AvgIpc) is 3.03. The highest BCUT2D eigenvalue weighted by atomic mass is 15.6. The molecule has 3 rings (SSSR count). The Morgan fingerprint density at radius 3 is 2.12 bits per heavy atom. The molecule has 0 saturated heterocycles. The third kappa shape index (κ3) is 4.05. The van der Waals surface area contributed by atoms with Gasteiger partial charge in [0, 0.05) is 25.3 Å². The Labute approximate surface area is 149 Å². The van der Waals surface area contributed by atoms with Gasteiger partial charge in [0.1, 0.15) is 0 Å². The van der Waals surface area contributed by atoms with Crippen molar-refractivity contribution < 1.29 is 0 Å². The van der Waals surface area contributed by atoms with E-state index >= 15 is 0 Å². The van der Waals surface area contributed by atoms with Gasteiger partial charge >= 0.3 is 0 Å². The smallest absolute Gasteiger partial charge is 0.204 e. The van der Waals surface area contributed by atoms with E-state index in [2.05, 4.69) is 77.5 Å². The standard InChI is InChI=1S/C20H25N5/c1-20(2,3)17-10-6-15(7-11-17)14-25-22-19(21-23-25)16-8-12-18(13-9-16)24(4)5/h6-13H,14H2,1-5H3. The van der Waals surface area contributed by atoms with Crippen LogP contribution in [0.1, 0.15) is 31.9 Å². The largest absolute Gasteiger partial charge is 0.378 e. The first kappa shape index (κ1) is 17.1. The van der Waals surface area contributed by atoms with E-state index in [9.17, 15) is 0 Å². The van der Waals surface area contributed by atoms with E-state index in [-0.39, 0.29) is 5.41 Å². The molecule has 5 nitrogen and oxygen atoms in total. The van der Waals surface area contributed by atoms with Crippen molar-refractivity contribution in [2.45, 2.75) is 32.7 Å². The molecule has 1 heterocycles. The van der Waals surface area contributed by atoms with Crippen molar-refractivity contribution in [2.75, 3.05) is 19.0 Å². The molecule has 2 aromatic carbocycles. The Bertz CT molecular complexity index is 824. The number of tetrazole rings is 1. The van der Waals surface area contributed by atoms with Crippen LogP contribution in [0.25, 0.3) is 11.4 Å². The van der Waals surface area contributed by atoms with Crippen LogP contribution in [0.4, 0.5) is 5.69 Å². The van der Waals surface area contributed by atoms with Crippen molar-refractivity contribution >= 4 is 5.69 Å². The average molecular weight is 335 g/mol. The number of benzene rings is 2. The van der Waals surface area contributed by atoms with Crippen LogP contribution in [0.15, 0.2) is 48.5 Å². The summed E-state index contributed by atoms with van der Waals surface area (Å²) in [5.74, 6) is 0.650. The van der Waals surface area contributed by atoms with E-state index in [0.29, 0.717) is 12.4 Å². The summed E-state index contributed by atoms with van der Waals surface area (Å²) in [7, 11) is 4.04. The van der Waals surface area contributed by atoms with Gasteiger partial charge in [-0.05, 0) is 46.0 Å². The fourth-order valence-electron chi connectivity index (χ4n) is 2.61. The van der Waals surface area contributed by atoms with Gasteiger partial charge < -0.3 is 4.90 Å². The Morgan fingerprint density at radius 2 is 1.56 bits per heavy atom. The molecule has 0 fully saturated rings. The van der Waals surface area contributed by atoms with Gasteiger partial charge in [-0.2, -0.15) is 4.80 Å². The van der Waals surface area contributed by atoms with Gasteiger partial charge in [-0.3, -0.25) is 0 Å². The molecule has 0 saturated carbocycles. The summed E-state index contributed by atoms with van der Waals surface area (Å²) in [5.41, 5.74) is 4.77. The Hall–Kier alpha value is -2.69. The first-order valence-corrected chi connectivity index (χ1v) is 8.48. The molecule has 0 aliphatic heterocycles. The number of hydrogen-bond acceptors (Lipinski definition) is 4. The lowest BCUT2D eigenvalue weighted by Crippen LogP contribution is -2.11. The van der Waals surface area contributed by atoms with Crippen LogP contribution >= 0.6 is 0 Å². The van der Waals surface area contributed by atoms with E-state index in [0.717, 1.165) is 11.3 Å². The third-order valence-electron chi connectivity index (χ3n) is 4.24.